The molecule has 0 aromatic heterocycles. The van der Waals surface area contributed by atoms with Crippen molar-refractivity contribution in [1.82, 2.24) is 0 Å². The molecule has 0 saturated carbocycles. The smallest absolute Gasteiger partial charge is 0.393 e. The highest BCUT2D eigenvalue weighted by Gasteiger charge is 2.36. The van der Waals surface area contributed by atoms with Gasteiger partial charge in [-0.25, -0.2) is 8.78 Å². The molecule has 192 valence electrons. The number of carbonyl (C=O) groups excluding carboxylic acids is 2. The van der Waals surface area contributed by atoms with Crippen molar-refractivity contribution in [2.24, 2.45) is 0 Å². The van der Waals surface area contributed by atoms with Crippen LogP contribution in [0.15, 0.2) is 42.5 Å². The normalized spacial score (nSPS) is 19.0. The molecule has 0 radical (unpaired) electrons. The molecule has 2 N–H and O–H groups in total. The van der Waals surface area contributed by atoms with Crippen LogP contribution in [0.3, 0.4) is 0 Å². The summed E-state index contributed by atoms with van der Waals surface area (Å²) in [5.41, 5.74) is 1.79. The van der Waals surface area contributed by atoms with E-state index in [0.717, 1.165) is 34.2 Å². The molecule has 0 spiro atoms. The summed E-state index contributed by atoms with van der Waals surface area (Å²) in [6.07, 6.45) is -3.31. The lowest BCUT2D eigenvalue weighted by Crippen LogP contribution is -2.38. The second-order valence-electron chi connectivity index (χ2n) is 9.27. The number of halogens is 5. The SMILES string of the molecule is CC(F)(F)CC(=O)N1CCC(=CC(=O)Nc2cccc3c2CC(O)CC3)c2ccc(C(F)(F)F)cc21. The van der Waals surface area contributed by atoms with Gasteiger partial charge >= 0.3 is 6.18 Å². The van der Waals surface area contributed by atoms with Crippen LogP contribution in [0.5, 0.6) is 0 Å². The molecule has 2 amide bonds. The highest BCUT2D eigenvalue weighted by atomic mass is 19.4. The van der Waals surface area contributed by atoms with Crippen molar-refractivity contribution in [2.45, 2.75) is 57.2 Å². The summed E-state index contributed by atoms with van der Waals surface area (Å²) in [7, 11) is 0. The van der Waals surface area contributed by atoms with E-state index < -0.39 is 42.0 Å². The Morgan fingerprint density at radius 2 is 1.89 bits per heavy atom. The van der Waals surface area contributed by atoms with Gasteiger partial charge in [-0.05, 0) is 61.1 Å². The maximum atomic E-state index is 13.5. The first-order valence-electron chi connectivity index (χ1n) is 11.5. The molecule has 1 heterocycles. The van der Waals surface area contributed by atoms with Crippen LogP contribution in [0.4, 0.5) is 33.3 Å². The van der Waals surface area contributed by atoms with Gasteiger partial charge in [-0.1, -0.05) is 18.2 Å². The van der Waals surface area contributed by atoms with Crippen molar-refractivity contribution in [2.75, 3.05) is 16.8 Å². The van der Waals surface area contributed by atoms with Gasteiger partial charge < -0.3 is 15.3 Å². The summed E-state index contributed by atoms with van der Waals surface area (Å²) < 4.78 is 67.0. The predicted molar refractivity (Wildman–Crippen MR) is 125 cm³/mol. The Balaban J connectivity index is 1.65. The molecule has 1 atom stereocenters. The number of aliphatic hydroxyl groups excluding tert-OH is 1. The molecule has 1 aliphatic heterocycles. The highest BCUT2D eigenvalue weighted by molar-refractivity contribution is 6.07. The van der Waals surface area contributed by atoms with Crippen LogP contribution >= 0.6 is 0 Å². The minimum Gasteiger partial charge on any atom is -0.393 e. The van der Waals surface area contributed by atoms with Gasteiger partial charge in [-0.3, -0.25) is 9.59 Å². The molecule has 36 heavy (non-hydrogen) atoms. The lowest BCUT2D eigenvalue weighted by atomic mass is 9.88. The van der Waals surface area contributed by atoms with E-state index in [1.807, 2.05) is 6.07 Å². The van der Waals surface area contributed by atoms with Crippen LogP contribution in [-0.4, -0.2) is 35.5 Å². The Labute approximate surface area is 204 Å². The third kappa shape index (κ3) is 5.75. The summed E-state index contributed by atoms with van der Waals surface area (Å²) in [5, 5.41) is 12.8. The molecule has 10 heteroatoms. The van der Waals surface area contributed by atoms with Crippen LogP contribution in [0, 0.1) is 0 Å². The van der Waals surface area contributed by atoms with Crippen LogP contribution in [-0.2, 0) is 28.6 Å². The van der Waals surface area contributed by atoms with Gasteiger partial charge in [0.25, 0.3) is 5.92 Å². The summed E-state index contributed by atoms with van der Waals surface area (Å²) >= 11 is 0. The number of amides is 2. The number of fused-ring (bicyclic) bond motifs is 2. The van der Waals surface area contributed by atoms with Crippen molar-refractivity contribution >= 4 is 28.8 Å². The maximum Gasteiger partial charge on any atom is 0.416 e. The molecule has 2 aromatic carbocycles. The molecule has 0 saturated heterocycles. The summed E-state index contributed by atoms with van der Waals surface area (Å²) in [6.45, 7) is 0.425. The molecule has 2 aromatic rings. The lowest BCUT2D eigenvalue weighted by molar-refractivity contribution is -0.137. The largest absolute Gasteiger partial charge is 0.416 e. The number of alkyl halides is 5. The summed E-state index contributed by atoms with van der Waals surface area (Å²) in [6, 6.07) is 8.17. The van der Waals surface area contributed by atoms with E-state index in [1.54, 1.807) is 12.1 Å². The first-order chi connectivity index (χ1) is 16.8. The second-order valence-corrected chi connectivity index (χ2v) is 9.27. The van der Waals surface area contributed by atoms with E-state index >= 15 is 0 Å². The molecule has 5 nitrogen and oxygen atoms in total. The first kappa shape index (κ1) is 25.8. The van der Waals surface area contributed by atoms with Gasteiger partial charge in [0, 0.05) is 30.3 Å². The number of aryl methyl sites for hydroxylation is 1. The number of aliphatic hydroxyl groups is 1. The topological polar surface area (TPSA) is 69.6 Å². The van der Waals surface area contributed by atoms with E-state index in [0.29, 0.717) is 37.4 Å². The number of benzene rings is 2. The number of nitrogens with one attached hydrogen (secondary N) is 1. The number of hydrogen-bond acceptors (Lipinski definition) is 3. The van der Waals surface area contributed by atoms with Gasteiger partial charge in [0.05, 0.1) is 23.8 Å². The minimum atomic E-state index is -4.70. The predicted octanol–water partition coefficient (Wildman–Crippen LogP) is 5.36. The van der Waals surface area contributed by atoms with Gasteiger partial charge in [0.1, 0.15) is 0 Å². The summed E-state index contributed by atoms with van der Waals surface area (Å²) in [4.78, 5) is 26.3. The van der Waals surface area contributed by atoms with Crippen LogP contribution in [0.1, 0.15) is 48.4 Å². The third-order valence-electron chi connectivity index (χ3n) is 6.35. The zero-order valence-electron chi connectivity index (χ0n) is 19.5. The second kappa shape index (κ2) is 9.65. The van der Waals surface area contributed by atoms with E-state index in [9.17, 15) is 36.6 Å². The molecular formula is C26H25F5N2O3. The average Bonchev–Trinajstić information content (AvgIpc) is 2.77. The monoisotopic (exact) mass is 508 g/mol. The quantitative estimate of drug-likeness (QED) is 0.432. The van der Waals surface area contributed by atoms with Crippen LogP contribution < -0.4 is 10.2 Å². The van der Waals surface area contributed by atoms with Gasteiger partial charge in [-0.2, -0.15) is 13.2 Å². The molecule has 0 fully saturated rings. The molecular weight excluding hydrogens is 483 g/mol. The Hall–Kier alpha value is -3.27. The molecule has 1 aliphatic carbocycles. The fourth-order valence-corrected chi connectivity index (χ4v) is 4.67. The maximum absolute atomic E-state index is 13.5. The average molecular weight is 508 g/mol. The Morgan fingerprint density at radius 1 is 1.14 bits per heavy atom. The van der Waals surface area contributed by atoms with Crippen molar-refractivity contribution in [3.63, 3.8) is 0 Å². The standard InChI is InChI=1S/C26H25F5N2O3/c1-25(27,28)14-24(36)33-10-9-16(19-8-6-17(12-22(19)33)26(29,30)31)11-23(35)32-21-4-2-3-15-5-7-18(34)13-20(15)21/h2-4,6,8,11-12,18,34H,5,7,9-10,13-14H2,1H3,(H,32,35). The van der Waals surface area contributed by atoms with E-state index in [4.69, 9.17) is 0 Å². The Morgan fingerprint density at radius 3 is 2.58 bits per heavy atom. The number of hydrogen-bond donors (Lipinski definition) is 2. The third-order valence-corrected chi connectivity index (χ3v) is 6.35. The van der Waals surface area contributed by atoms with Crippen molar-refractivity contribution in [3.05, 3.63) is 64.7 Å². The summed E-state index contributed by atoms with van der Waals surface area (Å²) in [5.74, 6) is -4.85. The minimum absolute atomic E-state index is 0.0957. The van der Waals surface area contributed by atoms with Crippen molar-refractivity contribution in [1.29, 1.82) is 0 Å². The number of carbonyl (C=O) groups is 2. The Bertz CT molecular complexity index is 1220. The van der Waals surface area contributed by atoms with Gasteiger partial charge in [-0.15, -0.1) is 0 Å². The number of anilines is 2. The zero-order chi connectivity index (χ0) is 26.3. The van der Waals surface area contributed by atoms with E-state index in [1.165, 1.54) is 6.08 Å². The van der Waals surface area contributed by atoms with Crippen molar-refractivity contribution < 1.29 is 36.6 Å². The highest BCUT2D eigenvalue weighted by Crippen LogP contribution is 2.40. The van der Waals surface area contributed by atoms with Gasteiger partial charge in [0.2, 0.25) is 11.8 Å². The number of nitrogens with zero attached hydrogens (tertiary/aromatic N) is 1. The van der Waals surface area contributed by atoms with E-state index in [-0.39, 0.29) is 24.2 Å². The van der Waals surface area contributed by atoms with Crippen LogP contribution in [0.2, 0.25) is 0 Å². The van der Waals surface area contributed by atoms with Crippen molar-refractivity contribution in [3.8, 4) is 0 Å². The van der Waals surface area contributed by atoms with E-state index in [2.05, 4.69) is 5.32 Å². The molecule has 0 bridgehead atoms. The lowest BCUT2D eigenvalue weighted by Gasteiger charge is -2.32. The Kier molecular flexibility index (Phi) is 6.92. The first-order valence-corrected chi connectivity index (χ1v) is 11.5. The zero-order valence-corrected chi connectivity index (χ0v) is 19.5. The van der Waals surface area contributed by atoms with Crippen LogP contribution in [0.25, 0.3) is 5.57 Å². The van der Waals surface area contributed by atoms with Gasteiger partial charge in [0.15, 0.2) is 0 Å². The number of rotatable bonds is 4. The molecule has 4 rings (SSSR count). The molecule has 1 unspecified atom stereocenters. The fraction of sp³-hybridized carbons (Fsp3) is 0.385. The molecule has 2 aliphatic rings. The fourth-order valence-electron chi connectivity index (χ4n) is 4.67.